The molecule has 1 aliphatic rings. The lowest BCUT2D eigenvalue weighted by atomic mass is 9.94. The van der Waals surface area contributed by atoms with Gasteiger partial charge in [-0.15, -0.1) is 0 Å². The quantitative estimate of drug-likeness (QED) is 0.186. The first-order valence-electron chi connectivity index (χ1n) is 12.8. The van der Waals surface area contributed by atoms with Crippen LogP contribution in [0.4, 0.5) is 0 Å². The van der Waals surface area contributed by atoms with Crippen molar-refractivity contribution in [1.82, 2.24) is 9.80 Å². The van der Waals surface area contributed by atoms with Crippen molar-refractivity contribution in [2.24, 2.45) is 0 Å². The second kappa shape index (κ2) is 12.6. The first-order valence-corrected chi connectivity index (χ1v) is 12.8. The normalized spacial score (nSPS) is 17.0. The summed E-state index contributed by atoms with van der Waals surface area (Å²) < 4.78 is 11.4. The van der Waals surface area contributed by atoms with Crippen LogP contribution >= 0.6 is 0 Å². The number of hydrogen-bond acceptors (Lipinski definition) is 7. The molecule has 2 aromatic rings. The summed E-state index contributed by atoms with van der Waals surface area (Å²) in [6, 6.07) is 9.16. The van der Waals surface area contributed by atoms with Crippen molar-refractivity contribution in [2.75, 3.05) is 40.4 Å². The molecule has 200 valence electrons. The number of hydrogen-bond donors (Lipinski definition) is 2. The third kappa shape index (κ3) is 6.43. The largest absolute Gasteiger partial charge is 0.507 e. The van der Waals surface area contributed by atoms with E-state index in [4.69, 9.17) is 9.47 Å². The lowest BCUT2D eigenvalue weighted by Crippen LogP contribution is -2.32. The van der Waals surface area contributed by atoms with Crippen LogP contribution in [0.1, 0.15) is 55.8 Å². The van der Waals surface area contributed by atoms with E-state index in [1.165, 1.54) is 11.0 Å². The van der Waals surface area contributed by atoms with Crippen LogP contribution < -0.4 is 9.47 Å². The van der Waals surface area contributed by atoms with Crippen LogP contribution in [0.2, 0.25) is 0 Å². The molecular weight excluding hydrogens is 472 g/mol. The van der Waals surface area contributed by atoms with Gasteiger partial charge in [-0.1, -0.05) is 19.4 Å². The summed E-state index contributed by atoms with van der Waals surface area (Å²) in [7, 11) is 3.88. The fourth-order valence-corrected chi connectivity index (χ4v) is 4.43. The summed E-state index contributed by atoms with van der Waals surface area (Å²) in [5.74, 6) is -0.710. The molecule has 8 nitrogen and oxygen atoms in total. The Morgan fingerprint density at radius 2 is 1.78 bits per heavy atom. The molecule has 8 heteroatoms. The van der Waals surface area contributed by atoms with Crippen LogP contribution in [0.5, 0.6) is 17.2 Å². The maximum Gasteiger partial charge on any atom is 0.295 e. The van der Waals surface area contributed by atoms with E-state index in [0.29, 0.717) is 43.1 Å². The number of aryl methyl sites for hydroxylation is 1. The van der Waals surface area contributed by atoms with Crippen molar-refractivity contribution in [3.8, 4) is 17.2 Å². The van der Waals surface area contributed by atoms with E-state index in [1.54, 1.807) is 37.3 Å². The molecule has 37 heavy (non-hydrogen) atoms. The van der Waals surface area contributed by atoms with E-state index >= 15 is 0 Å². The number of rotatable bonds is 12. The van der Waals surface area contributed by atoms with Crippen molar-refractivity contribution in [3.63, 3.8) is 0 Å². The minimum absolute atomic E-state index is 0.0158. The van der Waals surface area contributed by atoms with Crippen molar-refractivity contribution in [3.05, 3.63) is 58.7 Å². The van der Waals surface area contributed by atoms with Crippen LogP contribution in [0, 0.1) is 6.92 Å². The molecule has 0 bridgehead atoms. The molecule has 1 heterocycles. The first kappa shape index (κ1) is 28.1. The van der Waals surface area contributed by atoms with Crippen molar-refractivity contribution in [2.45, 2.75) is 46.1 Å². The Bertz CT molecular complexity index is 1160. The van der Waals surface area contributed by atoms with E-state index in [1.807, 2.05) is 25.9 Å². The Labute approximate surface area is 219 Å². The first-order chi connectivity index (χ1) is 17.7. The summed E-state index contributed by atoms with van der Waals surface area (Å²) in [6.45, 7) is 7.78. The number of likely N-dealkylation sites (tertiary alicyclic amines) is 1. The molecule has 2 N–H and O–H groups in total. The summed E-state index contributed by atoms with van der Waals surface area (Å²) in [6.07, 6.45) is 2.61. The van der Waals surface area contributed by atoms with Crippen LogP contribution in [0.3, 0.4) is 0 Å². The summed E-state index contributed by atoms with van der Waals surface area (Å²) in [5, 5.41) is 21.6. The lowest BCUT2D eigenvalue weighted by Gasteiger charge is -2.26. The zero-order valence-electron chi connectivity index (χ0n) is 22.4. The molecule has 1 atom stereocenters. The average Bonchev–Trinajstić information content (AvgIpc) is 3.11. The van der Waals surface area contributed by atoms with Crippen LogP contribution in [-0.4, -0.2) is 72.1 Å². The van der Waals surface area contributed by atoms with E-state index in [9.17, 15) is 19.8 Å². The standard InChI is InChI=1S/C29H38N2O6/c1-6-8-16-37-23-13-11-21(17-19(23)3)27(33)25-26(20-10-12-22(32)24(18-20)36-7-2)31(29(35)28(25)34)15-9-14-30(4)5/h10-13,17-18,26,32-33H,6-9,14-16H2,1-5H3/b27-25-. The highest BCUT2D eigenvalue weighted by molar-refractivity contribution is 6.46. The fourth-order valence-electron chi connectivity index (χ4n) is 4.43. The van der Waals surface area contributed by atoms with Gasteiger partial charge < -0.3 is 29.5 Å². The summed E-state index contributed by atoms with van der Waals surface area (Å²) >= 11 is 0. The maximum atomic E-state index is 13.3. The van der Waals surface area contributed by atoms with Gasteiger partial charge in [0.25, 0.3) is 11.7 Å². The van der Waals surface area contributed by atoms with Gasteiger partial charge in [-0.05, 0) is 88.8 Å². The molecule has 1 fully saturated rings. The molecule has 1 unspecified atom stereocenters. The number of carbonyl (C=O) groups excluding carboxylic acids is 2. The number of aliphatic hydroxyl groups excluding tert-OH is 1. The van der Waals surface area contributed by atoms with Gasteiger partial charge in [0.15, 0.2) is 11.5 Å². The van der Waals surface area contributed by atoms with Gasteiger partial charge in [-0.25, -0.2) is 0 Å². The monoisotopic (exact) mass is 510 g/mol. The lowest BCUT2D eigenvalue weighted by molar-refractivity contribution is -0.139. The number of phenols is 1. The molecule has 0 spiro atoms. The molecule has 3 rings (SSSR count). The van der Waals surface area contributed by atoms with Crippen molar-refractivity contribution < 1.29 is 29.3 Å². The van der Waals surface area contributed by atoms with Crippen molar-refractivity contribution >= 4 is 17.4 Å². The zero-order valence-corrected chi connectivity index (χ0v) is 22.4. The Balaban J connectivity index is 2.08. The number of ketones is 1. The predicted octanol–water partition coefficient (Wildman–Crippen LogP) is 4.65. The van der Waals surface area contributed by atoms with Gasteiger partial charge >= 0.3 is 0 Å². The fraction of sp³-hybridized carbons (Fsp3) is 0.448. The Morgan fingerprint density at radius 1 is 1.03 bits per heavy atom. The van der Waals surface area contributed by atoms with E-state index in [0.717, 1.165) is 24.9 Å². The Hall–Kier alpha value is -3.52. The molecule has 0 aromatic heterocycles. The topological polar surface area (TPSA) is 99.5 Å². The smallest absolute Gasteiger partial charge is 0.295 e. The van der Waals surface area contributed by atoms with Gasteiger partial charge in [0.05, 0.1) is 24.8 Å². The second-order valence-corrected chi connectivity index (χ2v) is 9.49. The maximum absolute atomic E-state index is 13.3. The average molecular weight is 511 g/mol. The van der Waals surface area contributed by atoms with Gasteiger partial charge in [0.1, 0.15) is 11.5 Å². The number of phenolic OH excluding ortho intramolecular Hbond substituents is 1. The number of nitrogens with zero attached hydrogens (tertiary/aromatic N) is 2. The molecular formula is C29H38N2O6. The van der Waals surface area contributed by atoms with Crippen LogP contribution in [0.25, 0.3) is 5.76 Å². The molecule has 1 saturated heterocycles. The third-order valence-electron chi connectivity index (χ3n) is 6.35. The van der Waals surface area contributed by atoms with Gasteiger partial charge in [0.2, 0.25) is 0 Å². The number of Topliss-reactive ketones (excluding diaryl/α,β-unsaturated/α-hetero) is 1. The minimum Gasteiger partial charge on any atom is -0.507 e. The highest BCUT2D eigenvalue weighted by atomic mass is 16.5. The molecule has 0 radical (unpaired) electrons. The SMILES string of the molecule is CCCCOc1ccc(/C(O)=C2/C(=O)C(=O)N(CCCN(C)C)C2c2ccc(O)c(OCC)c2)cc1C. The number of ether oxygens (including phenoxy) is 2. The Kier molecular flexibility index (Phi) is 9.58. The zero-order chi connectivity index (χ0) is 27.1. The van der Waals surface area contributed by atoms with Gasteiger partial charge in [0, 0.05) is 12.1 Å². The minimum atomic E-state index is -0.817. The van der Waals surface area contributed by atoms with Gasteiger partial charge in [-0.3, -0.25) is 9.59 Å². The van der Waals surface area contributed by atoms with Crippen LogP contribution in [-0.2, 0) is 9.59 Å². The molecule has 0 aliphatic carbocycles. The molecule has 0 saturated carbocycles. The third-order valence-corrected chi connectivity index (χ3v) is 6.35. The van der Waals surface area contributed by atoms with Gasteiger partial charge in [-0.2, -0.15) is 0 Å². The van der Waals surface area contributed by atoms with E-state index < -0.39 is 17.7 Å². The molecule has 2 aromatic carbocycles. The molecule has 1 amide bonds. The molecule has 1 aliphatic heterocycles. The van der Waals surface area contributed by atoms with Crippen LogP contribution in [0.15, 0.2) is 42.0 Å². The van der Waals surface area contributed by atoms with Crippen molar-refractivity contribution in [1.29, 1.82) is 0 Å². The number of amides is 1. The number of aromatic hydroxyl groups is 1. The predicted molar refractivity (Wildman–Crippen MR) is 143 cm³/mol. The number of unbranched alkanes of at least 4 members (excludes halogenated alkanes) is 1. The highest BCUT2D eigenvalue weighted by Crippen LogP contribution is 2.42. The number of benzene rings is 2. The number of aliphatic hydroxyl groups is 1. The summed E-state index contributed by atoms with van der Waals surface area (Å²) in [4.78, 5) is 30.0. The second-order valence-electron chi connectivity index (χ2n) is 9.49. The Morgan fingerprint density at radius 3 is 2.43 bits per heavy atom. The van der Waals surface area contributed by atoms with E-state index in [-0.39, 0.29) is 22.8 Å². The highest BCUT2D eigenvalue weighted by Gasteiger charge is 2.46. The van der Waals surface area contributed by atoms with E-state index in [2.05, 4.69) is 6.92 Å². The summed E-state index contributed by atoms with van der Waals surface area (Å²) in [5.41, 5.74) is 1.84. The number of carbonyl (C=O) groups is 2.